The summed E-state index contributed by atoms with van der Waals surface area (Å²) in [7, 11) is 0. The number of imide groups is 1. The minimum absolute atomic E-state index is 0.108. The zero-order valence-electron chi connectivity index (χ0n) is 14.8. The minimum Gasteiger partial charge on any atom is -0.326 e. The van der Waals surface area contributed by atoms with E-state index >= 15 is 0 Å². The van der Waals surface area contributed by atoms with Crippen LogP contribution >= 0.6 is 11.8 Å². The molecule has 0 saturated heterocycles. The maximum Gasteiger partial charge on any atom is 0.261 e. The molecule has 0 atom stereocenters. The number of nitrogens with one attached hydrogen (secondary N) is 1. The van der Waals surface area contributed by atoms with Crippen LogP contribution in [0, 0.1) is 5.92 Å². The Labute approximate surface area is 162 Å². The zero-order chi connectivity index (χ0) is 18.8. The number of hydrogen-bond acceptors (Lipinski definition) is 4. The van der Waals surface area contributed by atoms with Crippen molar-refractivity contribution >= 4 is 35.2 Å². The molecule has 5 nitrogen and oxygen atoms in total. The van der Waals surface area contributed by atoms with Gasteiger partial charge in [0.05, 0.1) is 11.1 Å². The Morgan fingerprint density at radius 1 is 1.00 bits per heavy atom. The first-order valence-corrected chi connectivity index (χ1v) is 10.1. The van der Waals surface area contributed by atoms with Crippen LogP contribution in [0.5, 0.6) is 0 Å². The third kappa shape index (κ3) is 3.90. The molecule has 1 fully saturated rings. The topological polar surface area (TPSA) is 66.5 Å². The lowest BCUT2D eigenvalue weighted by molar-refractivity contribution is -0.117. The van der Waals surface area contributed by atoms with E-state index in [9.17, 15) is 14.4 Å². The van der Waals surface area contributed by atoms with Gasteiger partial charge in [-0.15, -0.1) is 11.8 Å². The van der Waals surface area contributed by atoms with E-state index < -0.39 is 0 Å². The molecule has 0 unspecified atom stereocenters. The second-order valence-electron chi connectivity index (χ2n) is 6.80. The molecule has 3 amide bonds. The number of carbonyl (C=O) groups excluding carboxylic acids is 3. The Hall–Kier alpha value is -2.60. The van der Waals surface area contributed by atoms with Crippen LogP contribution in [0.3, 0.4) is 0 Å². The molecule has 0 radical (unpaired) electrons. The van der Waals surface area contributed by atoms with E-state index in [1.807, 2.05) is 24.3 Å². The van der Waals surface area contributed by atoms with Crippen molar-refractivity contribution in [2.45, 2.75) is 24.2 Å². The molecule has 2 aromatic carbocycles. The van der Waals surface area contributed by atoms with Crippen LogP contribution < -0.4 is 5.32 Å². The first kappa shape index (κ1) is 17.8. The Morgan fingerprint density at radius 3 is 2.22 bits per heavy atom. The zero-order valence-corrected chi connectivity index (χ0v) is 15.6. The van der Waals surface area contributed by atoms with Crippen molar-refractivity contribution in [2.24, 2.45) is 5.92 Å². The van der Waals surface area contributed by atoms with Gasteiger partial charge < -0.3 is 5.32 Å². The summed E-state index contributed by atoms with van der Waals surface area (Å²) in [5, 5.41) is 2.92. The van der Waals surface area contributed by atoms with Crippen LogP contribution in [-0.4, -0.2) is 34.9 Å². The summed E-state index contributed by atoms with van der Waals surface area (Å²) in [5.74, 6) is 0.714. The molecular weight excluding hydrogens is 360 g/mol. The summed E-state index contributed by atoms with van der Waals surface area (Å²) >= 11 is 1.67. The number of hydrogen-bond donors (Lipinski definition) is 1. The summed E-state index contributed by atoms with van der Waals surface area (Å²) in [6, 6.07) is 14.7. The summed E-state index contributed by atoms with van der Waals surface area (Å²) in [6.45, 7) is 0.425. The Morgan fingerprint density at radius 2 is 1.63 bits per heavy atom. The van der Waals surface area contributed by atoms with Crippen molar-refractivity contribution in [3.8, 4) is 0 Å². The Balaban J connectivity index is 1.24. The number of benzene rings is 2. The number of anilines is 1. The summed E-state index contributed by atoms with van der Waals surface area (Å²) in [6.07, 6.45) is 2.72. The molecule has 1 N–H and O–H groups in total. The molecule has 1 saturated carbocycles. The second-order valence-corrected chi connectivity index (χ2v) is 7.97. The van der Waals surface area contributed by atoms with Crippen LogP contribution in [0.15, 0.2) is 53.4 Å². The molecule has 0 aromatic heterocycles. The third-order valence-electron chi connectivity index (χ3n) is 4.74. The molecule has 0 spiro atoms. The fourth-order valence-electron chi connectivity index (χ4n) is 3.08. The summed E-state index contributed by atoms with van der Waals surface area (Å²) in [4.78, 5) is 38.8. The second kappa shape index (κ2) is 7.56. The van der Waals surface area contributed by atoms with Gasteiger partial charge in [0.2, 0.25) is 5.91 Å². The average molecular weight is 380 g/mol. The molecule has 6 heteroatoms. The summed E-state index contributed by atoms with van der Waals surface area (Å²) in [5.41, 5.74) is 1.82. The van der Waals surface area contributed by atoms with Crippen molar-refractivity contribution in [1.29, 1.82) is 0 Å². The van der Waals surface area contributed by atoms with Crippen molar-refractivity contribution < 1.29 is 14.4 Å². The maximum atomic E-state index is 12.3. The smallest absolute Gasteiger partial charge is 0.261 e. The van der Waals surface area contributed by atoms with E-state index in [2.05, 4.69) is 5.32 Å². The quantitative estimate of drug-likeness (QED) is 0.451. The van der Waals surface area contributed by atoms with Crippen molar-refractivity contribution in [2.75, 3.05) is 17.6 Å². The molecule has 2 aliphatic rings. The van der Waals surface area contributed by atoms with Gasteiger partial charge in [0, 0.05) is 23.0 Å². The normalized spacial score (nSPS) is 15.8. The van der Waals surface area contributed by atoms with Crippen LogP contribution in [0.4, 0.5) is 5.69 Å². The standard InChI is InChI=1S/C21H20N2O3S/c24-19(14-6-7-14)22-15-8-10-16(11-9-15)27-13-3-12-23-20(25)17-4-1-2-5-18(17)21(23)26/h1-2,4-5,8-11,14H,3,6-7,12-13H2,(H,22,24). The SMILES string of the molecule is O=C(Nc1ccc(SCCCN2C(=O)c3ccccc3C2=O)cc1)C1CC1. The van der Waals surface area contributed by atoms with Crippen LogP contribution in [-0.2, 0) is 4.79 Å². The van der Waals surface area contributed by atoms with Crippen LogP contribution in [0.2, 0.25) is 0 Å². The van der Waals surface area contributed by atoms with E-state index in [0.717, 1.165) is 35.6 Å². The molecule has 4 rings (SSSR count). The number of nitrogens with zero attached hydrogens (tertiary/aromatic N) is 1. The first-order valence-electron chi connectivity index (χ1n) is 9.12. The highest BCUT2D eigenvalue weighted by Gasteiger charge is 2.34. The molecule has 138 valence electrons. The van der Waals surface area contributed by atoms with Gasteiger partial charge in [-0.1, -0.05) is 12.1 Å². The predicted molar refractivity (Wildman–Crippen MR) is 105 cm³/mol. The Kier molecular flexibility index (Phi) is 4.99. The fraction of sp³-hybridized carbons (Fsp3) is 0.286. The highest BCUT2D eigenvalue weighted by atomic mass is 32.2. The number of amides is 3. The van der Waals surface area contributed by atoms with E-state index in [4.69, 9.17) is 0 Å². The van der Waals surface area contributed by atoms with Gasteiger partial charge in [-0.25, -0.2) is 0 Å². The average Bonchev–Trinajstić information content (AvgIpc) is 3.50. The fourth-order valence-corrected chi connectivity index (χ4v) is 3.92. The molecule has 1 heterocycles. The van der Waals surface area contributed by atoms with Crippen molar-refractivity contribution in [1.82, 2.24) is 4.90 Å². The Bertz CT molecular complexity index is 856. The van der Waals surface area contributed by atoms with E-state index in [1.165, 1.54) is 4.90 Å². The predicted octanol–water partition coefficient (Wildman–Crippen LogP) is 3.81. The van der Waals surface area contributed by atoms with Gasteiger partial charge in [-0.3, -0.25) is 19.3 Å². The molecular formula is C21H20N2O3S. The van der Waals surface area contributed by atoms with Gasteiger partial charge in [0.1, 0.15) is 0 Å². The molecule has 2 aromatic rings. The van der Waals surface area contributed by atoms with E-state index in [0.29, 0.717) is 17.7 Å². The number of carbonyl (C=O) groups is 3. The first-order chi connectivity index (χ1) is 13.1. The largest absolute Gasteiger partial charge is 0.326 e. The van der Waals surface area contributed by atoms with Gasteiger partial charge in [0.15, 0.2) is 0 Å². The number of fused-ring (bicyclic) bond motifs is 1. The number of thioether (sulfide) groups is 1. The molecule has 1 aliphatic carbocycles. The van der Waals surface area contributed by atoms with Crippen LogP contribution in [0.25, 0.3) is 0 Å². The monoisotopic (exact) mass is 380 g/mol. The lowest BCUT2D eigenvalue weighted by Crippen LogP contribution is -2.30. The van der Waals surface area contributed by atoms with Gasteiger partial charge in [-0.05, 0) is 61.4 Å². The highest BCUT2D eigenvalue weighted by Crippen LogP contribution is 2.30. The molecule has 0 bridgehead atoms. The number of rotatable bonds is 7. The maximum absolute atomic E-state index is 12.3. The summed E-state index contributed by atoms with van der Waals surface area (Å²) < 4.78 is 0. The lowest BCUT2D eigenvalue weighted by Gasteiger charge is -2.13. The van der Waals surface area contributed by atoms with Gasteiger partial charge >= 0.3 is 0 Å². The third-order valence-corrected chi connectivity index (χ3v) is 5.84. The highest BCUT2D eigenvalue weighted by molar-refractivity contribution is 7.99. The minimum atomic E-state index is -0.198. The van der Waals surface area contributed by atoms with E-state index in [-0.39, 0.29) is 23.6 Å². The van der Waals surface area contributed by atoms with Gasteiger partial charge in [0.25, 0.3) is 11.8 Å². The lowest BCUT2D eigenvalue weighted by atomic mass is 10.1. The molecule has 1 aliphatic heterocycles. The van der Waals surface area contributed by atoms with E-state index in [1.54, 1.807) is 36.0 Å². The molecule has 27 heavy (non-hydrogen) atoms. The van der Waals surface area contributed by atoms with Crippen LogP contribution in [0.1, 0.15) is 40.0 Å². The van der Waals surface area contributed by atoms with Gasteiger partial charge in [-0.2, -0.15) is 0 Å². The van der Waals surface area contributed by atoms with Crippen molar-refractivity contribution in [3.63, 3.8) is 0 Å². The van der Waals surface area contributed by atoms with Crippen molar-refractivity contribution in [3.05, 3.63) is 59.7 Å².